The highest BCUT2D eigenvalue weighted by molar-refractivity contribution is 7.99. The number of rotatable bonds is 5. The Balaban J connectivity index is 1.94. The zero-order chi connectivity index (χ0) is 17.0. The fourth-order valence-corrected chi connectivity index (χ4v) is 3.17. The standard InChI is InChI=1S/C17H20ClN3OS/c1-10-11(2)20-17(21-12(10)3)23-9-16(22)19-13(4)14-7-5-6-8-15(14)18/h5-8,13H,9H2,1-4H3,(H,19,22)/t13-/m1/s1. The Hall–Kier alpha value is -1.59. The van der Waals surface area contributed by atoms with E-state index in [2.05, 4.69) is 15.3 Å². The summed E-state index contributed by atoms with van der Waals surface area (Å²) in [6, 6.07) is 7.37. The van der Waals surface area contributed by atoms with Crippen LogP contribution in [0.15, 0.2) is 29.4 Å². The molecule has 1 heterocycles. The lowest BCUT2D eigenvalue weighted by Crippen LogP contribution is -2.28. The minimum Gasteiger partial charge on any atom is -0.349 e. The van der Waals surface area contributed by atoms with E-state index in [1.165, 1.54) is 11.8 Å². The van der Waals surface area contributed by atoms with Gasteiger partial charge in [-0.05, 0) is 44.9 Å². The van der Waals surface area contributed by atoms with Crippen LogP contribution in [0.3, 0.4) is 0 Å². The van der Waals surface area contributed by atoms with Gasteiger partial charge in [0.1, 0.15) is 0 Å². The minimum atomic E-state index is -0.140. The Bertz CT molecular complexity index is 698. The molecule has 0 aliphatic carbocycles. The van der Waals surface area contributed by atoms with Crippen molar-refractivity contribution in [2.45, 2.75) is 38.9 Å². The van der Waals surface area contributed by atoms with Crippen LogP contribution in [-0.2, 0) is 4.79 Å². The van der Waals surface area contributed by atoms with Crippen LogP contribution >= 0.6 is 23.4 Å². The normalized spacial score (nSPS) is 12.0. The van der Waals surface area contributed by atoms with Crippen molar-refractivity contribution in [3.63, 3.8) is 0 Å². The van der Waals surface area contributed by atoms with E-state index in [1.807, 2.05) is 52.0 Å². The summed E-state index contributed by atoms with van der Waals surface area (Å²) >= 11 is 7.49. The van der Waals surface area contributed by atoms with Gasteiger partial charge in [0.25, 0.3) is 0 Å². The maximum absolute atomic E-state index is 12.1. The van der Waals surface area contributed by atoms with Crippen LogP contribution in [0.2, 0.25) is 5.02 Å². The monoisotopic (exact) mass is 349 g/mol. The maximum atomic E-state index is 12.1. The second kappa shape index (κ2) is 7.79. The number of hydrogen-bond acceptors (Lipinski definition) is 4. The Morgan fingerprint density at radius 1 is 1.22 bits per heavy atom. The molecule has 0 saturated heterocycles. The molecule has 0 aliphatic rings. The Morgan fingerprint density at radius 2 is 1.83 bits per heavy atom. The molecule has 0 fully saturated rings. The minimum absolute atomic E-state index is 0.0677. The number of thioether (sulfide) groups is 1. The molecule has 0 saturated carbocycles. The molecule has 0 aliphatic heterocycles. The summed E-state index contributed by atoms with van der Waals surface area (Å²) in [5.41, 5.74) is 3.90. The Labute approximate surface area is 146 Å². The van der Waals surface area contributed by atoms with Crippen LogP contribution in [-0.4, -0.2) is 21.6 Å². The van der Waals surface area contributed by atoms with Crippen molar-refractivity contribution in [1.82, 2.24) is 15.3 Å². The molecule has 1 amide bonds. The molecule has 0 bridgehead atoms. The Morgan fingerprint density at radius 3 is 2.43 bits per heavy atom. The molecule has 1 aromatic heterocycles. The zero-order valence-corrected chi connectivity index (χ0v) is 15.3. The molecule has 122 valence electrons. The van der Waals surface area contributed by atoms with Crippen molar-refractivity contribution in [2.75, 3.05) is 5.75 Å². The topological polar surface area (TPSA) is 54.9 Å². The molecule has 4 nitrogen and oxygen atoms in total. The molecule has 2 aromatic rings. The summed E-state index contributed by atoms with van der Waals surface area (Å²) in [6.07, 6.45) is 0. The molecule has 1 aromatic carbocycles. The summed E-state index contributed by atoms with van der Waals surface area (Å²) in [4.78, 5) is 20.9. The van der Waals surface area contributed by atoms with Crippen LogP contribution in [0.25, 0.3) is 0 Å². The third kappa shape index (κ3) is 4.69. The van der Waals surface area contributed by atoms with Gasteiger partial charge in [-0.2, -0.15) is 0 Å². The molecule has 0 unspecified atom stereocenters. The van der Waals surface area contributed by atoms with Crippen LogP contribution in [0.4, 0.5) is 0 Å². The molecule has 1 atom stereocenters. The van der Waals surface area contributed by atoms with Gasteiger partial charge in [-0.25, -0.2) is 9.97 Å². The van der Waals surface area contributed by atoms with Crippen LogP contribution in [0, 0.1) is 20.8 Å². The second-order valence-electron chi connectivity index (χ2n) is 5.40. The largest absolute Gasteiger partial charge is 0.349 e. The van der Waals surface area contributed by atoms with Gasteiger partial charge >= 0.3 is 0 Å². The highest BCUT2D eigenvalue weighted by Crippen LogP contribution is 2.22. The fraction of sp³-hybridized carbons (Fsp3) is 0.353. The van der Waals surface area contributed by atoms with Crippen molar-refractivity contribution in [3.8, 4) is 0 Å². The van der Waals surface area contributed by atoms with E-state index in [-0.39, 0.29) is 17.7 Å². The second-order valence-corrected chi connectivity index (χ2v) is 6.75. The number of carbonyl (C=O) groups is 1. The summed E-state index contributed by atoms with van der Waals surface area (Å²) in [5, 5.41) is 4.23. The van der Waals surface area contributed by atoms with E-state index in [0.717, 1.165) is 22.5 Å². The van der Waals surface area contributed by atoms with E-state index in [9.17, 15) is 4.79 Å². The van der Waals surface area contributed by atoms with Gasteiger partial charge in [0, 0.05) is 16.4 Å². The third-order valence-electron chi connectivity index (χ3n) is 3.69. The quantitative estimate of drug-likeness (QED) is 0.654. The van der Waals surface area contributed by atoms with Crippen LogP contribution in [0.5, 0.6) is 0 Å². The van der Waals surface area contributed by atoms with Gasteiger partial charge < -0.3 is 5.32 Å². The van der Waals surface area contributed by atoms with Crippen molar-refractivity contribution in [3.05, 3.63) is 51.8 Å². The number of aromatic nitrogens is 2. The molecular weight excluding hydrogens is 330 g/mol. The summed E-state index contributed by atoms with van der Waals surface area (Å²) < 4.78 is 0. The van der Waals surface area contributed by atoms with Gasteiger partial charge in [0.05, 0.1) is 11.8 Å². The first-order valence-corrected chi connectivity index (χ1v) is 8.73. The van der Waals surface area contributed by atoms with Gasteiger partial charge in [0.2, 0.25) is 5.91 Å². The van der Waals surface area contributed by atoms with Gasteiger partial charge in [-0.3, -0.25) is 4.79 Å². The van der Waals surface area contributed by atoms with E-state index < -0.39 is 0 Å². The van der Waals surface area contributed by atoms with E-state index in [4.69, 9.17) is 11.6 Å². The number of benzene rings is 1. The van der Waals surface area contributed by atoms with Crippen molar-refractivity contribution < 1.29 is 4.79 Å². The van der Waals surface area contributed by atoms with Gasteiger partial charge in [0.15, 0.2) is 5.16 Å². The average molecular weight is 350 g/mol. The molecule has 2 rings (SSSR count). The highest BCUT2D eigenvalue weighted by atomic mass is 35.5. The third-order valence-corrected chi connectivity index (χ3v) is 4.89. The number of nitrogens with one attached hydrogen (secondary N) is 1. The first-order chi connectivity index (χ1) is 10.9. The van der Waals surface area contributed by atoms with Crippen molar-refractivity contribution in [2.24, 2.45) is 0 Å². The smallest absolute Gasteiger partial charge is 0.230 e. The number of amides is 1. The average Bonchev–Trinajstić information content (AvgIpc) is 2.50. The summed E-state index contributed by atoms with van der Waals surface area (Å²) in [7, 11) is 0. The summed E-state index contributed by atoms with van der Waals surface area (Å²) in [6.45, 7) is 7.82. The number of nitrogens with zero attached hydrogens (tertiary/aromatic N) is 2. The molecule has 1 N–H and O–H groups in total. The summed E-state index contributed by atoms with van der Waals surface area (Å²) in [5.74, 6) is 0.207. The fourth-order valence-electron chi connectivity index (χ4n) is 2.12. The molecule has 0 spiro atoms. The van der Waals surface area contributed by atoms with Gasteiger partial charge in [-0.1, -0.05) is 41.6 Å². The maximum Gasteiger partial charge on any atom is 0.230 e. The lowest BCUT2D eigenvalue weighted by molar-refractivity contribution is -0.119. The lowest BCUT2D eigenvalue weighted by atomic mass is 10.1. The van der Waals surface area contributed by atoms with Gasteiger partial charge in [-0.15, -0.1) is 0 Å². The predicted molar refractivity (Wildman–Crippen MR) is 95.0 cm³/mol. The molecular formula is C17H20ClN3OS. The number of hydrogen-bond donors (Lipinski definition) is 1. The van der Waals surface area contributed by atoms with E-state index in [1.54, 1.807) is 0 Å². The van der Waals surface area contributed by atoms with Crippen molar-refractivity contribution >= 4 is 29.3 Å². The van der Waals surface area contributed by atoms with Crippen molar-refractivity contribution in [1.29, 1.82) is 0 Å². The molecule has 6 heteroatoms. The Kier molecular flexibility index (Phi) is 6.02. The zero-order valence-electron chi connectivity index (χ0n) is 13.7. The van der Waals surface area contributed by atoms with E-state index in [0.29, 0.717) is 10.2 Å². The molecule has 23 heavy (non-hydrogen) atoms. The van der Waals surface area contributed by atoms with E-state index >= 15 is 0 Å². The number of carbonyl (C=O) groups excluding carboxylic acids is 1. The SMILES string of the molecule is Cc1nc(SCC(=O)N[C@H](C)c2ccccc2Cl)nc(C)c1C. The number of halogens is 1. The lowest BCUT2D eigenvalue weighted by Gasteiger charge is -2.15. The first kappa shape index (κ1) is 17.8. The predicted octanol–water partition coefficient (Wildman–Crippen LogP) is 4.02. The first-order valence-electron chi connectivity index (χ1n) is 7.37. The number of aryl methyl sites for hydroxylation is 2. The highest BCUT2D eigenvalue weighted by Gasteiger charge is 2.13. The van der Waals surface area contributed by atoms with Crippen LogP contribution < -0.4 is 5.32 Å². The van der Waals surface area contributed by atoms with Crippen LogP contribution in [0.1, 0.15) is 35.5 Å². The molecule has 0 radical (unpaired) electrons.